The van der Waals surface area contributed by atoms with E-state index < -0.39 is 0 Å². The minimum atomic E-state index is 0.654. The summed E-state index contributed by atoms with van der Waals surface area (Å²) in [6, 6.07) is 59.8. The van der Waals surface area contributed by atoms with Crippen LogP contribution >= 0.6 is 11.3 Å². The van der Waals surface area contributed by atoms with Crippen LogP contribution < -0.4 is 0 Å². The van der Waals surface area contributed by atoms with Crippen molar-refractivity contribution in [1.29, 1.82) is 0 Å². The molecule has 3 heterocycles. The van der Waals surface area contributed by atoms with Crippen molar-refractivity contribution in [3.05, 3.63) is 170 Å². The number of para-hydroxylation sites is 1. The summed E-state index contributed by atoms with van der Waals surface area (Å²) in [6.45, 7) is 0. The van der Waals surface area contributed by atoms with E-state index in [1.165, 1.54) is 53.1 Å². The molecule has 0 saturated heterocycles. The summed E-state index contributed by atoms with van der Waals surface area (Å²) >= 11 is 1.82. The average Bonchev–Trinajstić information content (AvgIpc) is 3.74. The molecule has 0 unspecified atom stereocenters. The number of hydrogen-bond donors (Lipinski definition) is 0. The van der Waals surface area contributed by atoms with Crippen LogP contribution in [0.25, 0.3) is 93.0 Å². The van der Waals surface area contributed by atoms with Crippen LogP contribution in [-0.4, -0.2) is 19.5 Å². The van der Waals surface area contributed by atoms with E-state index in [0.717, 1.165) is 22.4 Å². The minimum absolute atomic E-state index is 0.654. The molecule has 0 fully saturated rings. The molecule has 10 rings (SSSR count). The molecule has 0 N–H and O–H groups in total. The topological polar surface area (TPSA) is 43.6 Å². The largest absolute Gasteiger partial charge is 0.309 e. The van der Waals surface area contributed by atoms with Crippen molar-refractivity contribution in [2.45, 2.75) is 0 Å². The highest BCUT2D eigenvalue weighted by atomic mass is 32.1. The Morgan fingerprint density at radius 3 is 1.62 bits per heavy atom. The Morgan fingerprint density at radius 2 is 0.920 bits per heavy atom. The van der Waals surface area contributed by atoms with Gasteiger partial charge in [-0.2, -0.15) is 0 Å². The molecule has 10 aromatic rings. The highest BCUT2D eigenvalue weighted by Crippen LogP contribution is 2.42. The zero-order chi connectivity index (χ0) is 33.0. The number of rotatable bonds is 5. The quantitative estimate of drug-likeness (QED) is 0.185. The summed E-state index contributed by atoms with van der Waals surface area (Å²) in [7, 11) is 0. The number of thiophene rings is 1. The third-order valence-electron chi connectivity index (χ3n) is 9.45. The van der Waals surface area contributed by atoms with Gasteiger partial charge in [0.15, 0.2) is 17.5 Å². The Morgan fingerprint density at radius 1 is 0.360 bits per heavy atom. The maximum absolute atomic E-state index is 5.03. The van der Waals surface area contributed by atoms with Crippen LogP contribution in [0.3, 0.4) is 0 Å². The summed E-state index contributed by atoms with van der Waals surface area (Å²) in [5.41, 5.74) is 8.84. The van der Waals surface area contributed by atoms with Gasteiger partial charge in [0.05, 0.1) is 16.7 Å². The number of hydrogen-bond acceptors (Lipinski definition) is 4. The molecular weight excluding hydrogens is 629 g/mol. The lowest BCUT2D eigenvalue weighted by Crippen LogP contribution is -2.00. The molecule has 0 atom stereocenters. The molecule has 7 aromatic carbocycles. The maximum atomic E-state index is 5.03. The smallest absolute Gasteiger partial charge is 0.164 e. The fraction of sp³-hybridized carbons (Fsp3) is 0. The van der Waals surface area contributed by atoms with Crippen LogP contribution in [0.4, 0.5) is 0 Å². The number of benzene rings is 7. The molecular formula is C45H28N4S. The zero-order valence-electron chi connectivity index (χ0n) is 26.9. The van der Waals surface area contributed by atoms with Crippen molar-refractivity contribution in [3.8, 4) is 51.0 Å². The summed E-state index contributed by atoms with van der Waals surface area (Å²) in [5.74, 6) is 1.97. The second-order valence-corrected chi connectivity index (χ2v) is 13.5. The van der Waals surface area contributed by atoms with Gasteiger partial charge in [-0.05, 0) is 59.7 Å². The second-order valence-electron chi connectivity index (χ2n) is 12.5. The van der Waals surface area contributed by atoms with E-state index in [9.17, 15) is 0 Å². The van der Waals surface area contributed by atoms with Gasteiger partial charge in [-0.15, -0.1) is 11.3 Å². The van der Waals surface area contributed by atoms with Crippen molar-refractivity contribution in [1.82, 2.24) is 19.5 Å². The van der Waals surface area contributed by atoms with Crippen LogP contribution in [0.1, 0.15) is 0 Å². The molecule has 50 heavy (non-hydrogen) atoms. The van der Waals surface area contributed by atoms with E-state index in [1.54, 1.807) is 0 Å². The molecule has 0 aliphatic rings. The number of nitrogens with zero attached hydrogens (tertiary/aromatic N) is 4. The lowest BCUT2D eigenvalue weighted by Gasteiger charge is -2.11. The van der Waals surface area contributed by atoms with Gasteiger partial charge in [-0.1, -0.05) is 121 Å². The van der Waals surface area contributed by atoms with Crippen molar-refractivity contribution in [3.63, 3.8) is 0 Å². The predicted octanol–water partition coefficient (Wildman–Crippen LogP) is 12.0. The third kappa shape index (κ3) is 4.71. The van der Waals surface area contributed by atoms with E-state index in [0.29, 0.717) is 17.5 Å². The van der Waals surface area contributed by atoms with Gasteiger partial charge < -0.3 is 4.57 Å². The summed E-state index contributed by atoms with van der Waals surface area (Å²) < 4.78 is 4.90. The zero-order valence-corrected chi connectivity index (χ0v) is 27.7. The van der Waals surface area contributed by atoms with Crippen LogP contribution in [0.2, 0.25) is 0 Å². The maximum Gasteiger partial charge on any atom is 0.164 e. The minimum Gasteiger partial charge on any atom is -0.309 e. The molecule has 0 saturated carbocycles. The Hall–Kier alpha value is -6.43. The molecule has 4 nitrogen and oxygen atoms in total. The Kier molecular flexibility index (Phi) is 6.64. The first kappa shape index (κ1) is 28.6. The fourth-order valence-electron chi connectivity index (χ4n) is 7.11. The van der Waals surface area contributed by atoms with Gasteiger partial charge in [0, 0.05) is 47.6 Å². The van der Waals surface area contributed by atoms with E-state index in [2.05, 4.69) is 114 Å². The molecule has 0 spiro atoms. The molecule has 0 aliphatic heterocycles. The highest BCUT2D eigenvalue weighted by molar-refractivity contribution is 7.25. The Bertz CT molecular complexity index is 2800. The Balaban J connectivity index is 1.20. The second kappa shape index (κ2) is 11.6. The van der Waals surface area contributed by atoms with E-state index >= 15 is 0 Å². The van der Waals surface area contributed by atoms with Crippen LogP contribution in [0.5, 0.6) is 0 Å². The average molecular weight is 657 g/mol. The summed E-state index contributed by atoms with van der Waals surface area (Å²) in [4.78, 5) is 15.0. The molecule has 0 radical (unpaired) electrons. The summed E-state index contributed by atoms with van der Waals surface area (Å²) in [6.07, 6.45) is 0. The molecule has 0 bridgehead atoms. The van der Waals surface area contributed by atoms with Crippen molar-refractivity contribution in [2.75, 3.05) is 0 Å². The SMILES string of the molecule is c1ccc(-c2ccc3c(c2)c2ccccc2n3-c2cccc3sc4ccc(-c5nc(-c6ccccc6)nc(-c6ccccc6)n5)cc4c23)cc1. The lowest BCUT2D eigenvalue weighted by molar-refractivity contribution is 1.07. The van der Waals surface area contributed by atoms with E-state index in [4.69, 9.17) is 15.0 Å². The lowest BCUT2D eigenvalue weighted by atomic mass is 10.0. The van der Waals surface area contributed by atoms with E-state index in [-0.39, 0.29) is 0 Å². The highest BCUT2D eigenvalue weighted by Gasteiger charge is 2.19. The molecule has 5 heteroatoms. The first-order valence-electron chi connectivity index (χ1n) is 16.7. The first-order chi connectivity index (χ1) is 24.8. The number of aromatic nitrogens is 4. The van der Waals surface area contributed by atoms with Crippen LogP contribution in [-0.2, 0) is 0 Å². The molecule has 0 aliphatic carbocycles. The fourth-order valence-corrected chi connectivity index (χ4v) is 8.22. The molecule has 234 valence electrons. The van der Waals surface area contributed by atoms with Gasteiger partial charge in [0.1, 0.15) is 0 Å². The van der Waals surface area contributed by atoms with Gasteiger partial charge >= 0.3 is 0 Å². The standard InChI is InChI=1S/C45H28N4S/c1-4-13-29(14-5-1)32-23-25-38-35(27-32)34-19-10-11-20-37(34)49(38)39-21-12-22-41-42(39)36-28-33(24-26-40(36)50-41)45-47-43(30-15-6-2-7-16-30)46-44(48-45)31-17-8-3-9-18-31/h1-28H. The van der Waals surface area contributed by atoms with Gasteiger partial charge in [-0.25, -0.2) is 15.0 Å². The third-order valence-corrected chi connectivity index (χ3v) is 10.6. The van der Waals surface area contributed by atoms with Crippen LogP contribution in [0, 0.1) is 0 Å². The van der Waals surface area contributed by atoms with Gasteiger partial charge in [0.25, 0.3) is 0 Å². The Labute approximate surface area is 292 Å². The van der Waals surface area contributed by atoms with Gasteiger partial charge in [-0.3, -0.25) is 0 Å². The molecule has 3 aromatic heterocycles. The van der Waals surface area contributed by atoms with Gasteiger partial charge in [0.2, 0.25) is 0 Å². The normalized spacial score (nSPS) is 11.6. The van der Waals surface area contributed by atoms with Crippen molar-refractivity contribution < 1.29 is 0 Å². The predicted molar refractivity (Wildman–Crippen MR) is 209 cm³/mol. The first-order valence-corrected chi connectivity index (χ1v) is 17.5. The molecule has 0 amide bonds. The van der Waals surface area contributed by atoms with Crippen LogP contribution in [0.15, 0.2) is 170 Å². The summed E-state index contributed by atoms with van der Waals surface area (Å²) in [5, 5.41) is 4.90. The monoisotopic (exact) mass is 656 g/mol. The van der Waals surface area contributed by atoms with Crippen molar-refractivity contribution >= 4 is 53.3 Å². The number of fused-ring (bicyclic) bond motifs is 6. The van der Waals surface area contributed by atoms with E-state index in [1.807, 2.05) is 72.0 Å². The van der Waals surface area contributed by atoms with Crippen molar-refractivity contribution in [2.24, 2.45) is 0 Å².